The molecule has 1 nitrogen and oxygen atoms in total. The van der Waals surface area contributed by atoms with E-state index in [1.165, 1.54) is 16.7 Å². The van der Waals surface area contributed by atoms with Gasteiger partial charge in [0.25, 0.3) is 0 Å². The van der Waals surface area contributed by atoms with Crippen LogP contribution >= 0.6 is 11.6 Å². The number of rotatable bonds is 2. The summed E-state index contributed by atoms with van der Waals surface area (Å²) in [5, 5.41) is 0. The van der Waals surface area contributed by atoms with Gasteiger partial charge in [0.15, 0.2) is 5.78 Å². The molecule has 0 N–H and O–H groups in total. The zero-order valence-corrected chi connectivity index (χ0v) is 10.8. The van der Waals surface area contributed by atoms with Crippen molar-refractivity contribution < 1.29 is 4.79 Å². The minimum atomic E-state index is 0.152. The quantitative estimate of drug-likeness (QED) is 0.719. The maximum absolute atomic E-state index is 12.1. The average molecular weight is 237 g/mol. The van der Waals surface area contributed by atoms with E-state index in [-0.39, 0.29) is 5.92 Å². The molecule has 0 saturated carbocycles. The molecule has 1 atom stereocenters. The Morgan fingerprint density at radius 3 is 2.75 bits per heavy atom. The van der Waals surface area contributed by atoms with Crippen molar-refractivity contribution in [3.05, 3.63) is 33.9 Å². The Bertz CT molecular complexity index is 449. The second-order valence-electron chi connectivity index (χ2n) is 4.74. The molecule has 2 heteroatoms. The van der Waals surface area contributed by atoms with Gasteiger partial charge >= 0.3 is 0 Å². The summed E-state index contributed by atoms with van der Waals surface area (Å²) in [6.45, 7) is 6.19. The molecule has 0 radical (unpaired) electrons. The Hall–Kier alpha value is -0.820. The monoisotopic (exact) mass is 236 g/mol. The zero-order chi connectivity index (χ0) is 11.9. The Morgan fingerprint density at radius 1 is 1.44 bits per heavy atom. The second-order valence-corrected chi connectivity index (χ2v) is 5.12. The maximum Gasteiger partial charge on any atom is 0.166 e. The standard InChI is InChI=1S/C14H17ClO/c1-8-6-11-7-9(2)14(16)13(11)10(3)12(8)4-5-15/h6,9H,4-5,7H2,1-3H3. The first-order valence-electron chi connectivity index (χ1n) is 5.78. The van der Waals surface area contributed by atoms with Gasteiger partial charge in [0.05, 0.1) is 0 Å². The molecular weight excluding hydrogens is 220 g/mol. The van der Waals surface area contributed by atoms with Gasteiger partial charge in [-0.05, 0) is 48.9 Å². The third kappa shape index (κ3) is 1.67. The highest BCUT2D eigenvalue weighted by Gasteiger charge is 2.29. The molecule has 0 aliphatic heterocycles. The second kappa shape index (κ2) is 4.21. The molecule has 0 bridgehead atoms. The number of Topliss-reactive ketones (excluding diaryl/α,β-unsaturated/α-hetero) is 1. The summed E-state index contributed by atoms with van der Waals surface area (Å²) in [7, 11) is 0. The lowest BCUT2D eigenvalue weighted by molar-refractivity contribution is 0.0945. The fourth-order valence-electron chi connectivity index (χ4n) is 2.76. The summed E-state index contributed by atoms with van der Waals surface area (Å²) in [5.74, 6) is 1.08. The minimum Gasteiger partial charge on any atom is -0.294 e. The molecule has 1 aliphatic carbocycles. The van der Waals surface area contributed by atoms with Gasteiger partial charge in [-0.3, -0.25) is 4.79 Å². The number of alkyl halides is 1. The summed E-state index contributed by atoms with van der Waals surface area (Å²) in [4.78, 5) is 12.1. The number of ketones is 1. The molecule has 0 fully saturated rings. The van der Waals surface area contributed by atoms with Crippen LogP contribution in [0.5, 0.6) is 0 Å². The van der Waals surface area contributed by atoms with Gasteiger partial charge in [-0.1, -0.05) is 13.0 Å². The Morgan fingerprint density at radius 2 is 2.12 bits per heavy atom. The zero-order valence-electron chi connectivity index (χ0n) is 10.1. The number of halogens is 1. The third-order valence-corrected chi connectivity index (χ3v) is 3.77. The lowest BCUT2D eigenvalue weighted by Gasteiger charge is -2.12. The number of carbonyl (C=O) groups excluding carboxylic acids is 1. The van der Waals surface area contributed by atoms with Gasteiger partial charge in [0.2, 0.25) is 0 Å². The summed E-state index contributed by atoms with van der Waals surface area (Å²) < 4.78 is 0. The van der Waals surface area contributed by atoms with Crippen molar-refractivity contribution >= 4 is 17.4 Å². The molecule has 16 heavy (non-hydrogen) atoms. The molecule has 1 aromatic carbocycles. The van der Waals surface area contributed by atoms with Crippen LogP contribution in [0.2, 0.25) is 0 Å². The van der Waals surface area contributed by atoms with Crippen LogP contribution in [0, 0.1) is 19.8 Å². The minimum absolute atomic E-state index is 0.152. The molecule has 2 rings (SSSR count). The summed E-state index contributed by atoms with van der Waals surface area (Å²) in [5.41, 5.74) is 5.89. The van der Waals surface area contributed by atoms with E-state index >= 15 is 0 Å². The Labute approximate surface area is 102 Å². The Kier molecular flexibility index (Phi) is 3.07. The number of aryl methyl sites for hydroxylation is 1. The summed E-state index contributed by atoms with van der Waals surface area (Å²) in [6.07, 6.45) is 1.76. The van der Waals surface area contributed by atoms with Gasteiger partial charge in [-0.2, -0.15) is 0 Å². The smallest absolute Gasteiger partial charge is 0.166 e. The van der Waals surface area contributed by atoms with Crippen molar-refractivity contribution in [3.63, 3.8) is 0 Å². The largest absolute Gasteiger partial charge is 0.294 e. The third-order valence-electron chi connectivity index (χ3n) is 3.58. The average Bonchev–Trinajstić information content (AvgIpc) is 2.49. The van der Waals surface area contributed by atoms with E-state index in [1.807, 2.05) is 6.92 Å². The van der Waals surface area contributed by atoms with Gasteiger partial charge < -0.3 is 0 Å². The molecule has 1 unspecified atom stereocenters. The molecule has 0 amide bonds. The lowest BCUT2D eigenvalue weighted by atomic mass is 9.92. The number of hydrogen-bond acceptors (Lipinski definition) is 1. The fraction of sp³-hybridized carbons (Fsp3) is 0.500. The van der Waals surface area contributed by atoms with E-state index < -0.39 is 0 Å². The molecule has 1 aromatic rings. The number of hydrogen-bond donors (Lipinski definition) is 0. The highest BCUT2D eigenvalue weighted by molar-refractivity contribution is 6.18. The number of fused-ring (bicyclic) bond motifs is 1. The van der Waals surface area contributed by atoms with E-state index in [9.17, 15) is 4.79 Å². The molecular formula is C14H17ClO. The highest BCUT2D eigenvalue weighted by Crippen LogP contribution is 2.32. The van der Waals surface area contributed by atoms with Gasteiger partial charge in [-0.25, -0.2) is 0 Å². The number of benzene rings is 1. The highest BCUT2D eigenvalue weighted by atomic mass is 35.5. The van der Waals surface area contributed by atoms with Crippen molar-refractivity contribution in [2.45, 2.75) is 33.6 Å². The van der Waals surface area contributed by atoms with Crippen LogP contribution in [0.25, 0.3) is 0 Å². The Balaban J connectivity index is 2.59. The predicted molar refractivity (Wildman–Crippen MR) is 67.5 cm³/mol. The van der Waals surface area contributed by atoms with Crippen LogP contribution in [0.4, 0.5) is 0 Å². The maximum atomic E-state index is 12.1. The molecule has 86 valence electrons. The van der Waals surface area contributed by atoms with Crippen LogP contribution in [-0.4, -0.2) is 11.7 Å². The molecule has 0 spiro atoms. The first-order chi connectivity index (χ1) is 7.56. The van der Waals surface area contributed by atoms with E-state index in [0.29, 0.717) is 11.7 Å². The first-order valence-corrected chi connectivity index (χ1v) is 6.31. The van der Waals surface area contributed by atoms with Gasteiger partial charge in [0.1, 0.15) is 0 Å². The van der Waals surface area contributed by atoms with Crippen LogP contribution in [0.1, 0.15) is 39.5 Å². The van der Waals surface area contributed by atoms with E-state index in [4.69, 9.17) is 11.6 Å². The van der Waals surface area contributed by atoms with E-state index in [0.717, 1.165) is 24.0 Å². The van der Waals surface area contributed by atoms with Crippen molar-refractivity contribution in [3.8, 4) is 0 Å². The van der Waals surface area contributed by atoms with E-state index in [1.54, 1.807) is 0 Å². The molecule has 1 aliphatic rings. The van der Waals surface area contributed by atoms with Crippen molar-refractivity contribution in [2.24, 2.45) is 5.92 Å². The predicted octanol–water partition coefficient (Wildman–Crippen LogP) is 3.46. The van der Waals surface area contributed by atoms with Crippen molar-refractivity contribution in [2.75, 3.05) is 5.88 Å². The normalized spacial score (nSPS) is 19.0. The van der Waals surface area contributed by atoms with Gasteiger partial charge in [-0.15, -0.1) is 11.6 Å². The lowest BCUT2D eigenvalue weighted by Crippen LogP contribution is -2.07. The van der Waals surface area contributed by atoms with Crippen LogP contribution < -0.4 is 0 Å². The fourth-order valence-corrected chi connectivity index (χ4v) is 2.95. The van der Waals surface area contributed by atoms with Crippen LogP contribution in [0.3, 0.4) is 0 Å². The number of carbonyl (C=O) groups is 1. The van der Waals surface area contributed by atoms with Crippen molar-refractivity contribution in [1.29, 1.82) is 0 Å². The first kappa shape index (κ1) is 11.7. The van der Waals surface area contributed by atoms with Gasteiger partial charge in [0, 0.05) is 17.4 Å². The molecule has 0 heterocycles. The SMILES string of the molecule is Cc1cc2c(c(C)c1CCCl)C(=O)C(C)C2. The molecule has 0 saturated heterocycles. The summed E-state index contributed by atoms with van der Waals surface area (Å²) >= 11 is 5.81. The summed E-state index contributed by atoms with van der Waals surface area (Å²) in [6, 6.07) is 2.17. The van der Waals surface area contributed by atoms with Crippen molar-refractivity contribution in [1.82, 2.24) is 0 Å². The van der Waals surface area contributed by atoms with Crippen LogP contribution in [-0.2, 0) is 12.8 Å². The topological polar surface area (TPSA) is 17.1 Å². The molecule has 0 aromatic heterocycles. The van der Waals surface area contributed by atoms with E-state index in [2.05, 4.69) is 19.9 Å². The van der Waals surface area contributed by atoms with Crippen LogP contribution in [0.15, 0.2) is 6.07 Å².